The number of aromatic nitrogens is 2. The summed E-state index contributed by atoms with van der Waals surface area (Å²) in [5.74, 6) is 0.553. The molecule has 1 N–H and O–H groups in total. The van der Waals surface area contributed by atoms with E-state index in [4.69, 9.17) is 10.4 Å². The summed E-state index contributed by atoms with van der Waals surface area (Å²) in [5.41, 5.74) is 0.347. The van der Waals surface area contributed by atoms with Crippen LogP contribution in [-0.4, -0.2) is 15.1 Å². The maximum atomic E-state index is 9.00. The van der Waals surface area contributed by atoms with Gasteiger partial charge in [-0.25, -0.2) is 9.97 Å². The molecule has 1 atom stereocenters. The van der Waals surface area contributed by atoms with E-state index in [9.17, 15) is 0 Å². The Morgan fingerprint density at radius 3 is 3.00 bits per heavy atom. The first kappa shape index (κ1) is 7.63. The first-order valence-electron chi connectivity index (χ1n) is 3.11. The van der Waals surface area contributed by atoms with E-state index < -0.39 is 6.10 Å². The number of hydrogen-bond acceptors (Lipinski definition) is 4. The molecule has 0 saturated carbocycles. The summed E-state index contributed by atoms with van der Waals surface area (Å²) < 4.78 is 0. The molecule has 1 rings (SSSR count). The minimum atomic E-state index is -1.14. The molecule has 1 unspecified atom stereocenters. The van der Waals surface area contributed by atoms with Crippen LogP contribution >= 0.6 is 0 Å². The average Bonchev–Trinajstić information content (AvgIpc) is 2.03. The van der Waals surface area contributed by atoms with E-state index in [2.05, 4.69) is 9.97 Å². The van der Waals surface area contributed by atoms with E-state index in [1.165, 1.54) is 12.3 Å². The molecular weight excluding hydrogens is 142 g/mol. The Labute approximate surface area is 64.2 Å². The molecule has 0 spiro atoms. The van der Waals surface area contributed by atoms with E-state index in [0.29, 0.717) is 11.5 Å². The third kappa shape index (κ3) is 1.72. The van der Waals surface area contributed by atoms with Gasteiger partial charge in [-0.15, -0.1) is 0 Å². The van der Waals surface area contributed by atoms with Gasteiger partial charge >= 0.3 is 0 Å². The zero-order valence-corrected chi connectivity index (χ0v) is 6.02. The molecule has 0 aliphatic heterocycles. The maximum Gasteiger partial charge on any atom is 0.183 e. The third-order valence-electron chi connectivity index (χ3n) is 1.20. The molecule has 0 aliphatic carbocycles. The van der Waals surface area contributed by atoms with E-state index in [0.717, 1.165) is 0 Å². The van der Waals surface area contributed by atoms with Crippen molar-refractivity contribution in [3.63, 3.8) is 0 Å². The summed E-state index contributed by atoms with van der Waals surface area (Å²) in [5, 5.41) is 17.3. The van der Waals surface area contributed by atoms with Crippen molar-refractivity contribution in [2.75, 3.05) is 0 Å². The van der Waals surface area contributed by atoms with Crippen molar-refractivity contribution in [2.45, 2.75) is 13.0 Å². The first-order valence-corrected chi connectivity index (χ1v) is 3.11. The smallest absolute Gasteiger partial charge is 0.183 e. The van der Waals surface area contributed by atoms with Gasteiger partial charge in [-0.1, -0.05) is 0 Å². The van der Waals surface area contributed by atoms with Crippen molar-refractivity contribution in [1.29, 1.82) is 5.26 Å². The van der Waals surface area contributed by atoms with Crippen molar-refractivity contribution in [3.8, 4) is 6.07 Å². The van der Waals surface area contributed by atoms with E-state index in [1.807, 2.05) is 0 Å². The van der Waals surface area contributed by atoms with Crippen LogP contribution in [0.5, 0.6) is 0 Å². The van der Waals surface area contributed by atoms with Gasteiger partial charge in [0.05, 0.1) is 5.69 Å². The van der Waals surface area contributed by atoms with Crippen molar-refractivity contribution in [3.05, 3.63) is 23.8 Å². The SMILES string of the molecule is Cc1nccc(C(O)C#N)n1. The zero-order valence-electron chi connectivity index (χ0n) is 6.02. The van der Waals surface area contributed by atoms with Gasteiger partial charge in [-0.2, -0.15) is 5.26 Å². The second-order valence-electron chi connectivity index (χ2n) is 2.06. The van der Waals surface area contributed by atoms with Crippen LogP contribution in [0.1, 0.15) is 17.6 Å². The fourth-order valence-corrected chi connectivity index (χ4v) is 0.693. The number of nitrogens with zero attached hydrogens (tertiary/aromatic N) is 3. The quantitative estimate of drug-likeness (QED) is 0.584. The van der Waals surface area contributed by atoms with Crippen LogP contribution in [0, 0.1) is 18.3 Å². The normalized spacial score (nSPS) is 12.1. The van der Waals surface area contributed by atoms with Gasteiger partial charge in [-0.3, -0.25) is 0 Å². The number of aliphatic hydroxyl groups is 1. The maximum absolute atomic E-state index is 9.00. The predicted molar refractivity (Wildman–Crippen MR) is 37.3 cm³/mol. The fraction of sp³-hybridized carbons (Fsp3) is 0.286. The average molecular weight is 149 g/mol. The highest BCUT2D eigenvalue weighted by Crippen LogP contribution is 2.06. The monoisotopic (exact) mass is 149 g/mol. The fourth-order valence-electron chi connectivity index (χ4n) is 0.693. The van der Waals surface area contributed by atoms with Crippen molar-refractivity contribution in [2.24, 2.45) is 0 Å². The number of aryl methyl sites for hydroxylation is 1. The van der Waals surface area contributed by atoms with Gasteiger partial charge < -0.3 is 5.11 Å². The van der Waals surface area contributed by atoms with Gasteiger partial charge in [-0.05, 0) is 13.0 Å². The van der Waals surface area contributed by atoms with Gasteiger partial charge in [0.2, 0.25) is 0 Å². The van der Waals surface area contributed by atoms with E-state index >= 15 is 0 Å². The highest BCUT2D eigenvalue weighted by atomic mass is 16.3. The van der Waals surface area contributed by atoms with Crippen LogP contribution < -0.4 is 0 Å². The Kier molecular flexibility index (Phi) is 2.14. The summed E-state index contributed by atoms with van der Waals surface area (Å²) in [6.45, 7) is 1.70. The van der Waals surface area contributed by atoms with Gasteiger partial charge in [0.15, 0.2) is 6.10 Å². The molecule has 4 heteroatoms. The molecule has 1 heterocycles. The van der Waals surface area contributed by atoms with Gasteiger partial charge in [0, 0.05) is 6.20 Å². The molecule has 0 radical (unpaired) electrons. The minimum absolute atomic E-state index is 0.347. The Bertz CT molecular complexity index is 292. The second-order valence-corrected chi connectivity index (χ2v) is 2.06. The van der Waals surface area contributed by atoms with Crippen molar-refractivity contribution >= 4 is 0 Å². The van der Waals surface area contributed by atoms with Crippen LogP contribution in [0.2, 0.25) is 0 Å². The van der Waals surface area contributed by atoms with Crippen LogP contribution in [0.3, 0.4) is 0 Å². The molecule has 1 aromatic rings. The highest BCUT2D eigenvalue weighted by molar-refractivity contribution is 5.11. The minimum Gasteiger partial charge on any atom is -0.373 e. The molecule has 0 aliphatic rings. The van der Waals surface area contributed by atoms with Gasteiger partial charge in [0.1, 0.15) is 11.9 Å². The van der Waals surface area contributed by atoms with Crippen molar-refractivity contribution in [1.82, 2.24) is 9.97 Å². The Balaban J connectivity index is 2.98. The van der Waals surface area contributed by atoms with Crippen LogP contribution in [0.4, 0.5) is 0 Å². The Morgan fingerprint density at radius 1 is 1.73 bits per heavy atom. The van der Waals surface area contributed by atoms with Crippen LogP contribution in [0.25, 0.3) is 0 Å². The summed E-state index contributed by atoms with van der Waals surface area (Å²) in [6.07, 6.45) is 0.370. The zero-order chi connectivity index (χ0) is 8.27. The number of rotatable bonds is 1. The summed E-state index contributed by atoms with van der Waals surface area (Å²) in [4.78, 5) is 7.69. The second kappa shape index (κ2) is 3.08. The molecule has 4 nitrogen and oxygen atoms in total. The Hall–Kier alpha value is -1.47. The molecule has 56 valence electrons. The first-order chi connectivity index (χ1) is 5.24. The lowest BCUT2D eigenvalue weighted by Gasteiger charge is -1.99. The van der Waals surface area contributed by atoms with Crippen LogP contribution in [0.15, 0.2) is 12.3 Å². The lowest BCUT2D eigenvalue weighted by Crippen LogP contribution is -1.99. The lowest BCUT2D eigenvalue weighted by molar-refractivity contribution is 0.230. The molecular formula is C7H7N3O. The lowest BCUT2D eigenvalue weighted by atomic mass is 10.3. The van der Waals surface area contributed by atoms with E-state index in [-0.39, 0.29) is 0 Å². The molecule has 0 bridgehead atoms. The molecule has 1 aromatic heterocycles. The van der Waals surface area contributed by atoms with Crippen molar-refractivity contribution < 1.29 is 5.11 Å². The Morgan fingerprint density at radius 2 is 2.45 bits per heavy atom. The summed E-state index contributed by atoms with van der Waals surface area (Å²) in [6, 6.07) is 3.19. The molecule has 11 heavy (non-hydrogen) atoms. The standard InChI is InChI=1S/C7H7N3O/c1-5-9-3-2-6(10-5)7(11)4-8/h2-3,7,11H,1H3. The van der Waals surface area contributed by atoms with E-state index in [1.54, 1.807) is 13.0 Å². The third-order valence-corrected chi connectivity index (χ3v) is 1.20. The molecule has 0 aromatic carbocycles. The molecule has 0 fully saturated rings. The number of aliphatic hydroxyl groups excluding tert-OH is 1. The molecule has 0 saturated heterocycles. The number of nitriles is 1. The molecule has 0 amide bonds. The highest BCUT2D eigenvalue weighted by Gasteiger charge is 2.05. The summed E-state index contributed by atoms with van der Waals surface area (Å²) in [7, 11) is 0. The largest absolute Gasteiger partial charge is 0.373 e. The predicted octanol–water partition coefficient (Wildman–Crippen LogP) is 0.342. The number of hydrogen-bond donors (Lipinski definition) is 1. The summed E-state index contributed by atoms with van der Waals surface area (Å²) >= 11 is 0. The van der Waals surface area contributed by atoms with Gasteiger partial charge in [0.25, 0.3) is 0 Å². The topological polar surface area (TPSA) is 69.8 Å². The van der Waals surface area contributed by atoms with Crippen LogP contribution in [-0.2, 0) is 0 Å².